The van der Waals surface area contributed by atoms with E-state index in [0.29, 0.717) is 24.2 Å². The molecule has 0 bridgehead atoms. The quantitative estimate of drug-likeness (QED) is 0.686. The van der Waals surface area contributed by atoms with Crippen molar-refractivity contribution in [1.82, 2.24) is 5.32 Å². The molecule has 3 rings (SSSR count). The minimum Gasteiger partial charge on any atom is -0.326 e. The summed E-state index contributed by atoms with van der Waals surface area (Å²) >= 11 is 0. The molecule has 0 saturated carbocycles. The lowest BCUT2D eigenvalue weighted by Gasteiger charge is -2.17. The van der Waals surface area contributed by atoms with Gasteiger partial charge in [0.2, 0.25) is 0 Å². The van der Waals surface area contributed by atoms with Gasteiger partial charge in [-0.3, -0.25) is 14.9 Å². The predicted octanol–water partition coefficient (Wildman–Crippen LogP) is 2.30. The van der Waals surface area contributed by atoms with Crippen LogP contribution in [0.2, 0.25) is 0 Å². The molecule has 0 atom stereocenters. The second-order valence-corrected chi connectivity index (χ2v) is 6.55. The Bertz CT molecular complexity index is 825. The maximum absolute atomic E-state index is 12.8. The van der Waals surface area contributed by atoms with Crippen molar-refractivity contribution in [2.75, 3.05) is 0 Å². The minimum absolute atomic E-state index is 0.292. The van der Waals surface area contributed by atoms with Crippen molar-refractivity contribution in [2.45, 2.75) is 39.8 Å². The van der Waals surface area contributed by atoms with Crippen molar-refractivity contribution in [1.29, 1.82) is 0 Å². The number of imide groups is 1. The highest BCUT2D eigenvalue weighted by Crippen LogP contribution is 2.37. The molecular formula is C22H25N3O2. The summed E-state index contributed by atoms with van der Waals surface area (Å²) in [5.41, 5.74) is 18.0. The molecular weight excluding hydrogens is 338 g/mol. The summed E-state index contributed by atoms with van der Waals surface area (Å²) in [6.45, 7) is 4.64. The Kier molecular flexibility index (Phi) is 5.54. The second-order valence-electron chi connectivity index (χ2n) is 6.55. The van der Waals surface area contributed by atoms with Crippen molar-refractivity contribution >= 4 is 23.0 Å². The largest absolute Gasteiger partial charge is 0.326 e. The van der Waals surface area contributed by atoms with Crippen LogP contribution in [0.3, 0.4) is 0 Å². The Morgan fingerprint density at radius 2 is 1.07 bits per heavy atom. The zero-order valence-electron chi connectivity index (χ0n) is 15.8. The molecule has 0 radical (unpaired) electrons. The SMILES string of the molecule is CCc1cccc(CN)c1C1=C(c2c(CC)cccc2CN)C(=O)NC1=O. The molecule has 0 unspecified atom stereocenters. The lowest BCUT2D eigenvalue weighted by atomic mass is 9.85. The number of nitrogens with one attached hydrogen (secondary N) is 1. The van der Waals surface area contributed by atoms with Gasteiger partial charge in [0.05, 0.1) is 11.1 Å². The fourth-order valence-corrected chi connectivity index (χ4v) is 3.81. The highest BCUT2D eigenvalue weighted by molar-refractivity contribution is 6.49. The smallest absolute Gasteiger partial charge is 0.259 e. The molecule has 1 aliphatic heterocycles. The van der Waals surface area contributed by atoms with Crippen LogP contribution in [0.1, 0.15) is 47.2 Å². The van der Waals surface area contributed by atoms with E-state index in [1.54, 1.807) is 0 Å². The molecule has 27 heavy (non-hydrogen) atoms. The van der Waals surface area contributed by atoms with E-state index in [9.17, 15) is 9.59 Å². The Hall–Kier alpha value is -2.76. The maximum atomic E-state index is 12.8. The Morgan fingerprint density at radius 3 is 1.41 bits per heavy atom. The minimum atomic E-state index is -0.375. The molecule has 140 valence electrons. The Labute approximate surface area is 159 Å². The molecule has 5 N–H and O–H groups in total. The molecule has 0 aromatic heterocycles. The molecule has 2 amide bonds. The molecule has 2 aromatic carbocycles. The highest BCUT2D eigenvalue weighted by Gasteiger charge is 2.35. The normalized spacial score (nSPS) is 14.1. The van der Waals surface area contributed by atoms with E-state index in [2.05, 4.69) is 5.32 Å². The first-order valence-electron chi connectivity index (χ1n) is 9.29. The summed E-state index contributed by atoms with van der Waals surface area (Å²) < 4.78 is 0. The number of amides is 2. The van der Waals surface area contributed by atoms with Crippen LogP contribution in [0.15, 0.2) is 36.4 Å². The zero-order chi connectivity index (χ0) is 19.6. The van der Waals surface area contributed by atoms with Gasteiger partial charge in [-0.05, 0) is 46.2 Å². The van der Waals surface area contributed by atoms with Gasteiger partial charge in [0.15, 0.2) is 0 Å². The average Bonchev–Trinajstić information content (AvgIpc) is 2.99. The van der Waals surface area contributed by atoms with Crippen molar-refractivity contribution in [3.63, 3.8) is 0 Å². The van der Waals surface area contributed by atoms with Crippen LogP contribution < -0.4 is 16.8 Å². The first kappa shape index (κ1) is 19.0. The van der Waals surface area contributed by atoms with Crippen LogP contribution in [0.25, 0.3) is 11.1 Å². The van der Waals surface area contributed by atoms with Crippen LogP contribution >= 0.6 is 0 Å². The third-order valence-electron chi connectivity index (χ3n) is 5.11. The van der Waals surface area contributed by atoms with Crippen molar-refractivity contribution in [3.8, 4) is 0 Å². The second kappa shape index (κ2) is 7.86. The fourth-order valence-electron chi connectivity index (χ4n) is 3.81. The molecule has 0 spiro atoms. The van der Waals surface area contributed by atoms with E-state index >= 15 is 0 Å². The lowest BCUT2D eigenvalue weighted by molar-refractivity contribution is -0.122. The number of benzene rings is 2. The summed E-state index contributed by atoms with van der Waals surface area (Å²) in [4.78, 5) is 25.7. The molecule has 5 nitrogen and oxygen atoms in total. The maximum Gasteiger partial charge on any atom is 0.259 e. The summed E-state index contributed by atoms with van der Waals surface area (Å²) in [5.74, 6) is -0.751. The summed E-state index contributed by atoms with van der Waals surface area (Å²) in [7, 11) is 0. The van der Waals surface area contributed by atoms with Gasteiger partial charge in [-0.2, -0.15) is 0 Å². The summed E-state index contributed by atoms with van der Waals surface area (Å²) in [6, 6.07) is 11.6. The number of nitrogens with two attached hydrogens (primary N) is 2. The van der Waals surface area contributed by atoms with Crippen LogP contribution in [0.4, 0.5) is 0 Å². The number of carbonyl (C=O) groups is 2. The molecule has 2 aromatic rings. The number of rotatable bonds is 6. The van der Waals surface area contributed by atoms with Crippen LogP contribution in [-0.2, 0) is 35.5 Å². The van der Waals surface area contributed by atoms with E-state index in [0.717, 1.165) is 46.2 Å². The molecule has 1 heterocycles. The van der Waals surface area contributed by atoms with E-state index in [1.165, 1.54) is 0 Å². The van der Waals surface area contributed by atoms with E-state index in [-0.39, 0.29) is 11.8 Å². The monoisotopic (exact) mass is 363 g/mol. The topological polar surface area (TPSA) is 98.2 Å². The summed E-state index contributed by atoms with van der Waals surface area (Å²) in [5, 5.41) is 2.49. The first-order chi connectivity index (χ1) is 13.1. The van der Waals surface area contributed by atoms with Gasteiger partial charge in [0.1, 0.15) is 0 Å². The zero-order valence-corrected chi connectivity index (χ0v) is 15.8. The van der Waals surface area contributed by atoms with Gasteiger partial charge in [-0.15, -0.1) is 0 Å². The van der Waals surface area contributed by atoms with Crippen molar-refractivity contribution < 1.29 is 9.59 Å². The van der Waals surface area contributed by atoms with Gasteiger partial charge in [0, 0.05) is 13.1 Å². The molecule has 0 saturated heterocycles. The fraction of sp³-hybridized carbons (Fsp3) is 0.273. The highest BCUT2D eigenvalue weighted by atomic mass is 16.2. The standard InChI is InChI=1S/C22H25N3O2/c1-3-13-7-5-9-15(11-23)17(13)19-20(22(27)25-21(19)26)18-14(4-2)8-6-10-16(18)12-24/h5-10H,3-4,11-12,23-24H2,1-2H3,(H,25,26,27). The van der Waals surface area contributed by atoms with E-state index in [4.69, 9.17) is 11.5 Å². The number of carbonyl (C=O) groups excluding carboxylic acids is 2. The molecule has 1 aliphatic rings. The Morgan fingerprint density at radius 1 is 0.704 bits per heavy atom. The molecule has 5 heteroatoms. The van der Waals surface area contributed by atoms with Gasteiger partial charge >= 0.3 is 0 Å². The van der Waals surface area contributed by atoms with Crippen molar-refractivity contribution in [3.05, 3.63) is 69.8 Å². The third kappa shape index (κ3) is 3.20. The Balaban J connectivity index is 2.43. The third-order valence-corrected chi connectivity index (χ3v) is 5.11. The number of hydrogen-bond donors (Lipinski definition) is 3. The van der Waals surface area contributed by atoms with Gasteiger partial charge < -0.3 is 11.5 Å². The van der Waals surface area contributed by atoms with Crippen LogP contribution in [0, 0.1) is 0 Å². The van der Waals surface area contributed by atoms with Gasteiger partial charge in [-0.25, -0.2) is 0 Å². The molecule has 0 fully saturated rings. The van der Waals surface area contributed by atoms with E-state index in [1.807, 2.05) is 50.2 Å². The van der Waals surface area contributed by atoms with Crippen LogP contribution in [0.5, 0.6) is 0 Å². The number of aryl methyl sites for hydroxylation is 2. The van der Waals surface area contributed by atoms with Gasteiger partial charge in [-0.1, -0.05) is 50.2 Å². The number of hydrogen-bond acceptors (Lipinski definition) is 4. The first-order valence-corrected chi connectivity index (χ1v) is 9.29. The van der Waals surface area contributed by atoms with E-state index < -0.39 is 0 Å². The summed E-state index contributed by atoms with van der Waals surface area (Å²) in [6.07, 6.45) is 1.47. The van der Waals surface area contributed by atoms with Gasteiger partial charge in [0.25, 0.3) is 11.8 Å². The molecule has 0 aliphatic carbocycles. The average molecular weight is 363 g/mol. The van der Waals surface area contributed by atoms with Crippen molar-refractivity contribution in [2.24, 2.45) is 11.5 Å². The van der Waals surface area contributed by atoms with Crippen LogP contribution in [-0.4, -0.2) is 11.8 Å². The predicted molar refractivity (Wildman–Crippen MR) is 107 cm³/mol. The lowest BCUT2D eigenvalue weighted by Crippen LogP contribution is -2.23.